The van der Waals surface area contributed by atoms with E-state index in [9.17, 15) is 35.1 Å². The topological polar surface area (TPSA) is 154 Å². The number of hydrogen-bond acceptors (Lipinski definition) is 9. The summed E-state index contributed by atoms with van der Waals surface area (Å²) >= 11 is 0. The van der Waals surface area contributed by atoms with Gasteiger partial charge < -0.3 is 35.0 Å². The first-order valence-corrected chi connectivity index (χ1v) is 11.8. The first kappa shape index (κ1) is 24.9. The van der Waals surface area contributed by atoms with Gasteiger partial charge in [-0.1, -0.05) is 36.4 Å². The Morgan fingerprint density at radius 3 is 2.30 bits per heavy atom. The molecule has 1 fully saturated rings. The largest absolute Gasteiger partial charge is 0.507 e. The standard InChI is InChI=1S/C28H26O9/c1-13-10-16-20(15-8-5-9-17(29)21(15)24(32)22(16)18(30)11-13)27-26(34)25(33)23(31)19(37-27)12-36-28(35)14-6-3-2-4-7-14/h2-11,19-20,23,25-27,29-31,33-34H,12H2,1H3/t19-,20-,23-,25-,26+,27+/m1/s1. The highest BCUT2D eigenvalue weighted by Gasteiger charge is 2.50. The van der Waals surface area contributed by atoms with Gasteiger partial charge in [-0.15, -0.1) is 0 Å². The Morgan fingerprint density at radius 2 is 1.57 bits per heavy atom. The summed E-state index contributed by atoms with van der Waals surface area (Å²) in [6.45, 7) is 1.31. The number of ether oxygens (including phenoxy) is 2. The third-order valence-corrected chi connectivity index (χ3v) is 6.96. The van der Waals surface area contributed by atoms with Crippen LogP contribution < -0.4 is 0 Å². The van der Waals surface area contributed by atoms with Crippen LogP contribution in [0.1, 0.15) is 48.9 Å². The lowest BCUT2D eigenvalue weighted by molar-refractivity contribution is -0.232. The quantitative estimate of drug-likeness (QED) is 0.333. The number of fused-ring (bicyclic) bond motifs is 2. The van der Waals surface area contributed by atoms with Gasteiger partial charge in [0, 0.05) is 5.92 Å². The van der Waals surface area contributed by atoms with Crippen LogP contribution in [0.2, 0.25) is 0 Å². The highest BCUT2D eigenvalue weighted by Crippen LogP contribution is 2.47. The van der Waals surface area contributed by atoms with E-state index in [2.05, 4.69) is 0 Å². The van der Waals surface area contributed by atoms with E-state index in [0.29, 0.717) is 22.3 Å². The number of benzene rings is 3. The zero-order chi connectivity index (χ0) is 26.4. The van der Waals surface area contributed by atoms with Crippen molar-refractivity contribution in [2.24, 2.45) is 0 Å². The van der Waals surface area contributed by atoms with Crippen molar-refractivity contribution in [3.8, 4) is 11.5 Å². The monoisotopic (exact) mass is 506 g/mol. The van der Waals surface area contributed by atoms with Gasteiger partial charge in [0.1, 0.15) is 42.5 Å². The second-order valence-corrected chi connectivity index (χ2v) is 9.37. The molecule has 9 nitrogen and oxygen atoms in total. The first-order valence-electron chi connectivity index (χ1n) is 11.8. The summed E-state index contributed by atoms with van der Waals surface area (Å²) in [7, 11) is 0. The van der Waals surface area contributed by atoms with Crippen LogP contribution in [0.15, 0.2) is 60.7 Å². The van der Waals surface area contributed by atoms with Crippen molar-refractivity contribution in [2.75, 3.05) is 6.61 Å². The summed E-state index contributed by atoms with van der Waals surface area (Å²) in [5, 5.41) is 53.5. The van der Waals surface area contributed by atoms with Crippen LogP contribution in [-0.2, 0) is 9.47 Å². The second-order valence-electron chi connectivity index (χ2n) is 9.37. The zero-order valence-electron chi connectivity index (χ0n) is 19.8. The van der Waals surface area contributed by atoms with Gasteiger partial charge in [-0.25, -0.2) is 4.79 Å². The minimum absolute atomic E-state index is 0.0481. The lowest BCUT2D eigenvalue weighted by atomic mass is 9.71. The molecule has 0 saturated carbocycles. The third kappa shape index (κ3) is 4.25. The van der Waals surface area contributed by atoms with Crippen molar-refractivity contribution in [3.63, 3.8) is 0 Å². The molecular weight excluding hydrogens is 480 g/mol. The lowest BCUT2D eigenvalue weighted by Crippen LogP contribution is -2.60. The van der Waals surface area contributed by atoms with Gasteiger partial charge in [-0.3, -0.25) is 4.79 Å². The van der Waals surface area contributed by atoms with E-state index in [0.717, 1.165) is 0 Å². The predicted molar refractivity (Wildman–Crippen MR) is 130 cm³/mol. The molecule has 0 bridgehead atoms. The number of ketones is 1. The molecule has 3 aromatic rings. The number of carbonyl (C=O) groups is 2. The fourth-order valence-corrected chi connectivity index (χ4v) is 5.21. The van der Waals surface area contributed by atoms with Crippen molar-refractivity contribution in [2.45, 2.75) is 43.4 Å². The third-order valence-electron chi connectivity index (χ3n) is 6.96. The number of phenolic OH excluding ortho intramolecular Hbond substituents is 2. The Kier molecular flexibility index (Phi) is 6.47. The van der Waals surface area contributed by atoms with Crippen molar-refractivity contribution < 1.29 is 44.6 Å². The Labute approximate surface area is 212 Å². The molecule has 0 spiro atoms. The molecule has 3 aromatic carbocycles. The molecule has 5 rings (SSSR count). The minimum Gasteiger partial charge on any atom is -0.507 e. The minimum atomic E-state index is -1.67. The molecular formula is C28H26O9. The van der Waals surface area contributed by atoms with Crippen LogP contribution in [0.5, 0.6) is 11.5 Å². The number of aliphatic hydroxyl groups excluding tert-OH is 3. The van der Waals surface area contributed by atoms with Crippen molar-refractivity contribution in [1.82, 2.24) is 0 Å². The maximum Gasteiger partial charge on any atom is 0.338 e. The van der Waals surface area contributed by atoms with E-state index in [4.69, 9.17) is 9.47 Å². The summed E-state index contributed by atoms with van der Waals surface area (Å²) < 4.78 is 11.4. The average Bonchev–Trinajstić information content (AvgIpc) is 2.87. The molecule has 1 aliphatic carbocycles. The van der Waals surface area contributed by atoms with Crippen molar-refractivity contribution in [3.05, 3.63) is 94.0 Å². The van der Waals surface area contributed by atoms with Crippen LogP contribution in [-0.4, -0.2) is 74.4 Å². The summed E-state index contributed by atoms with van der Waals surface area (Å²) in [5.41, 5.74) is 1.50. The molecule has 1 aliphatic heterocycles. The molecule has 192 valence electrons. The Balaban J connectivity index is 1.53. The molecule has 1 saturated heterocycles. The zero-order valence-corrected chi connectivity index (χ0v) is 19.8. The second kappa shape index (κ2) is 9.60. The van der Waals surface area contributed by atoms with Crippen LogP contribution in [0.4, 0.5) is 0 Å². The van der Waals surface area contributed by atoms with Gasteiger partial charge in [-0.2, -0.15) is 0 Å². The fourth-order valence-electron chi connectivity index (χ4n) is 5.21. The number of rotatable bonds is 4. The lowest BCUT2D eigenvalue weighted by Gasteiger charge is -2.45. The van der Waals surface area contributed by atoms with Gasteiger partial charge in [0.2, 0.25) is 5.78 Å². The SMILES string of the molecule is Cc1cc(O)c2c(c1)[C@H]([C@@H]1O[C@H](COC(=O)c3ccccc3)[C@@H](O)[C@@H](O)[C@@H]1O)c1cccc(O)c1C2=O. The van der Waals surface area contributed by atoms with Gasteiger partial charge in [0.25, 0.3) is 0 Å². The molecule has 0 aromatic heterocycles. The van der Waals surface area contributed by atoms with E-state index in [1.807, 2.05) is 0 Å². The molecule has 2 aliphatic rings. The number of carbonyl (C=O) groups excluding carboxylic acids is 2. The molecule has 0 amide bonds. The Morgan fingerprint density at radius 1 is 0.865 bits per heavy atom. The van der Waals surface area contributed by atoms with E-state index >= 15 is 0 Å². The van der Waals surface area contributed by atoms with Gasteiger partial charge in [0.15, 0.2) is 0 Å². The number of hydrogen-bond donors (Lipinski definition) is 5. The van der Waals surface area contributed by atoms with Crippen LogP contribution in [0.25, 0.3) is 0 Å². The van der Waals surface area contributed by atoms with E-state index in [1.54, 1.807) is 49.4 Å². The number of aryl methyl sites for hydroxylation is 1. The van der Waals surface area contributed by atoms with Gasteiger partial charge in [-0.05, 0) is 47.9 Å². The van der Waals surface area contributed by atoms with Gasteiger partial charge in [0.05, 0.1) is 22.8 Å². The van der Waals surface area contributed by atoms with Crippen LogP contribution in [0, 0.1) is 6.92 Å². The molecule has 6 atom stereocenters. The van der Waals surface area contributed by atoms with Crippen molar-refractivity contribution >= 4 is 11.8 Å². The Hall–Kier alpha value is -3.76. The number of phenols is 2. The molecule has 1 heterocycles. The maximum absolute atomic E-state index is 13.3. The van der Waals surface area contributed by atoms with Crippen molar-refractivity contribution in [1.29, 1.82) is 0 Å². The molecule has 37 heavy (non-hydrogen) atoms. The highest BCUT2D eigenvalue weighted by atomic mass is 16.6. The summed E-state index contributed by atoms with van der Waals surface area (Å²) in [4.78, 5) is 25.7. The molecule has 9 heteroatoms. The smallest absolute Gasteiger partial charge is 0.338 e. The molecule has 0 radical (unpaired) electrons. The van der Waals surface area contributed by atoms with E-state index in [1.165, 1.54) is 18.2 Å². The van der Waals surface area contributed by atoms with Gasteiger partial charge >= 0.3 is 5.97 Å². The summed E-state index contributed by atoms with van der Waals surface area (Å²) in [6, 6.07) is 15.8. The predicted octanol–water partition coefficient (Wildman–Crippen LogP) is 1.79. The normalized spacial score (nSPS) is 26.8. The summed E-state index contributed by atoms with van der Waals surface area (Å²) in [6.07, 6.45) is -7.29. The first-order chi connectivity index (χ1) is 17.7. The maximum atomic E-state index is 13.3. The number of aromatic hydroxyl groups is 2. The Bertz CT molecular complexity index is 1350. The fraction of sp³-hybridized carbons (Fsp3) is 0.286. The molecule has 5 N–H and O–H groups in total. The number of esters is 1. The summed E-state index contributed by atoms with van der Waals surface area (Å²) in [5.74, 6) is -2.75. The van der Waals surface area contributed by atoms with Crippen LogP contribution >= 0.6 is 0 Å². The van der Waals surface area contributed by atoms with E-state index in [-0.39, 0.29) is 22.6 Å². The number of aliphatic hydroxyl groups is 3. The molecule has 0 unspecified atom stereocenters. The average molecular weight is 507 g/mol. The van der Waals surface area contributed by atoms with Crippen LogP contribution in [0.3, 0.4) is 0 Å². The van der Waals surface area contributed by atoms with E-state index < -0.39 is 54.8 Å². The highest BCUT2D eigenvalue weighted by molar-refractivity contribution is 6.16.